The molecule has 0 N–H and O–H groups in total. The normalized spacial score (nSPS) is 10.8. The second-order valence-electron chi connectivity index (χ2n) is 4.53. The molecule has 0 aromatic carbocycles. The molecule has 0 unspecified atom stereocenters. The predicted octanol–water partition coefficient (Wildman–Crippen LogP) is 3.02. The van der Waals surface area contributed by atoms with Crippen molar-refractivity contribution in [3.05, 3.63) is 34.3 Å². The highest BCUT2D eigenvalue weighted by Crippen LogP contribution is 2.27. The fourth-order valence-corrected chi connectivity index (χ4v) is 2.46. The zero-order valence-corrected chi connectivity index (χ0v) is 12.7. The fourth-order valence-electron chi connectivity index (χ4n) is 2.13. The molecule has 0 radical (unpaired) electrons. The maximum Gasteiger partial charge on any atom is 0.239 e. The summed E-state index contributed by atoms with van der Waals surface area (Å²) in [5.74, 6) is 0.580. The topological polar surface area (TPSA) is 56.5 Å². The van der Waals surface area contributed by atoms with E-state index in [2.05, 4.69) is 16.5 Å². The summed E-state index contributed by atoms with van der Waals surface area (Å²) < 4.78 is 6.94. The summed E-state index contributed by atoms with van der Waals surface area (Å²) >= 11 is 6.28. The molecule has 0 aliphatic rings. The Bertz CT molecular complexity index is 719. The molecule has 0 saturated heterocycles. The number of halogens is 1. The van der Waals surface area contributed by atoms with Crippen molar-refractivity contribution in [3.8, 4) is 5.88 Å². The SMILES string of the molecule is C=C(C)C(=O)c1nc2nc(OC)c(CC)c(C)n2c1Cl. The van der Waals surface area contributed by atoms with Crippen molar-refractivity contribution >= 4 is 23.2 Å². The van der Waals surface area contributed by atoms with E-state index in [4.69, 9.17) is 16.3 Å². The number of carbonyl (C=O) groups excluding carboxylic acids is 1. The van der Waals surface area contributed by atoms with E-state index < -0.39 is 0 Å². The smallest absolute Gasteiger partial charge is 0.239 e. The number of hydrogen-bond acceptors (Lipinski definition) is 4. The van der Waals surface area contributed by atoms with Gasteiger partial charge >= 0.3 is 0 Å². The Morgan fingerprint density at radius 2 is 2.10 bits per heavy atom. The Morgan fingerprint density at radius 1 is 1.45 bits per heavy atom. The number of methoxy groups -OCH3 is 1. The number of aryl methyl sites for hydroxylation is 1. The number of ether oxygens (including phenoxy) is 1. The Balaban J connectivity index is 2.81. The average molecular weight is 294 g/mol. The van der Waals surface area contributed by atoms with Crippen LogP contribution >= 0.6 is 11.6 Å². The highest BCUT2D eigenvalue weighted by atomic mass is 35.5. The van der Waals surface area contributed by atoms with Crippen molar-refractivity contribution in [1.29, 1.82) is 0 Å². The zero-order valence-electron chi connectivity index (χ0n) is 12.0. The second kappa shape index (κ2) is 5.25. The van der Waals surface area contributed by atoms with Gasteiger partial charge in [0.2, 0.25) is 17.4 Å². The van der Waals surface area contributed by atoms with E-state index in [0.29, 0.717) is 17.2 Å². The van der Waals surface area contributed by atoms with Gasteiger partial charge in [0.1, 0.15) is 5.15 Å². The van der Waals surface area contributed by atoms with Gasteiger partial charge in [-0.25, -0.2) is 4.98 Å². The first kappa shape index (κ1) is 14.5. The van der Waals surface area contributed by atoms with Crippen LogP contribution in [0.15, 0.2) is 12.2 Å². The lowest BCUT2D eigenvalue weighted by molar-refractivity contribution is 0.103. The first-order valence-electron chi connectivity index (χ1n) is 6.23. The zero-order chi connectivity index (χ0) is 15.0. The average Bonchev–Trinajstić information content (AvgIpc) is 2.74. The minimum atomic E-state index is -0.281. The molecule has 0 spiro atoms. The second-order valence-corrected chi connectivity index (χ2v) is 4.89. The summed E-state index contributed by atoms with van der Waals surface area (Å²) in [5.41, 5.74) is 2.36. The van der Waals surface area contributed by atoms with Crippen LogP contribution in [0.4, 0.5) is 0 Å². The molecule has 0 aliphatic heterocycles. The van der Waals surface area contributed by atoms with Crippen molar-refractivity contribution in [3.63, 3.8) is 0 Å². The van der Waals surface area contributed by atoms with Crippen molar-refractivity contribution in [2.45, 2.75) is 27.2 Å². The summed E-state index contributed by atoms with van der Waals surface area (Å²) in [6.45, 7) is 9.16. The third kappa shape index (κ3) is 2.08. The molecular weight excluding hydrogens is 278 g/mol. The lowest BCUT2D eigenvalue weighted by Gasteiger charge is -2.10. The van der Waals surface area contributed by atoms with Crippen molar-refractivity contribution in [2.24, 2.45) is 0 Å². The maximum absolute atomic E-state index is 12.0. The number of allylic oxidation sites excluding steroid dienone is 1. The number of ketones is 1. The Kier molecular flexibility index (Phi) is 3.81. The molecule has 2 heterocycles. The van der Waals surface area contributed by atoms with Gasteiger partial charge in [-0.1, -0.05) is 25.1 Å². The summed E-state index contributed by atoms with van der Waals surface area (Å²) in [7, 11) is 1.56. The molecule has 0 amide bonds. The van der Waals surface area contributed by atoms with Crippen LogP contribution in [0.2, 0.25) is 5.15 Å². The molecule has 20 heavy (non-hydrogen) atoms. The van der Waals surface area contributed by atoms with Crippen LogP contribution in [-0.4, -0.2) is 27.3 Å². The van der Waals surface area contributed by atoms with E-state index in [9.17, 15) is 4.79 Å². The van der Waals surface area contributed by atoms with Crippen LogP contribution in [0.3, 0.4) is 0 Å². The van der Waals surface area contributed by atoms with E-state index in [1.54, 1.807) is 18.4 Å². The Labute approximate surface area is 122 Å². The first-order valence-corrected chi connectivity index (χ1v) is 6.61. The van der Waals surface area contributed by atoms with Crippen LogP contribution < -0.4 is 4.74 Å². The summed E-state index contributed by atoms with van der Waals surface area (Å²) in [4.78, 5) is 20.6. The van der Waals surface area contributed by atoms with Crippen molar-refractivity contribution in [1.82, 2.24) is 14.4 Å². The molecule has 0 aliphatic carbocycles. The molecule has 2 rings (SSSR count). The Morgan fingerprint density at radius 3 is 2.60 bits per heavy atom. The van der Waals surface area contributed by atoms with Gasteiger partial charge < -0.3 is 4.74 Å². The van der Waals surface area contributed by atoms with Gasteiger partial charge in [-0.15, -0.1) is 0 Å². The highest BCUT2D eigenvalue weighted by molar-refractivity contribution is 6.34. The van der Waals surface area contributed by atoms with Gasteiger partial charge in [0.25, 0.3) is 0 Å². The minimum Gasteiger partial charge on any atom is -0.481 e. The number of Topliss-reactive ketones (excluding diaryl/α,β-unsaturated/α-hetero) is 1. The van der Waals surface area contributed by atoms with E-state index in [-0.39, 0.29) is 16.6 Å². The lowest BCUT2D eigenvalue weighted by atomic mass is 10.2. The molecule has 5 nitrogen and oxygen atoms in total. The highest BCUT2D eigenvalue weighted by Gasteiger charge is 2.22. The number of hydrogen-bond donors (Lipinski definition) is 0. The molecule has 0 fully saturated rings. The monoisotopic (exact) mass is 293 g/mol. The Hall–Kier alpha value is -1.88. The quantitative estimate of drug-likeness (QED) is 0.642. The lowest BCUT2D eigenvalue weighted by Crippen LogP contribution is -2.04. The molecular formula is C14H16ClN3O2. The molecule has 0 atom stereocenters. The van der Waals surface area contributed by atoms with Crippen LogP contribution in [0.5, 0.6) is 5.88 Å². The van der Waals surface area contributed by atoms with Gasteiger partial charge in [0, 0.05) is 11.3 Å². The van der Waals surface area contributed by atoms with Crippen molar-refractivity contribution in [2.75, 3.05) is 7.11 Å². The van der Waals surface area contributed by atoms with Gasteiger partial charge in [-0.05, 0) is 25.8 Å². The van der Waals surface area contributed by atoms with Crippen LogP contribution in [0.1, 0.15) is 35.6 Å². The molecule has 2 aromatic rings. The number of rotatable bonds is 4. The summed E-state index contributed by atoms with van der Waals surface area (Å²) in [6, 6.07) is 0. The molecule has 0 bridgehead atoms. The minimum absolute atomic E-state index is 0.171. The number of aromatic nitrogens is 3. The van der Waals surface area contributed by atoms with E-state index in [0.717, 1.165) is 17.7 Å². The van der Waals surface area contributed by atoms with E-state index in [1.165, 1.54) is 0 Å². The van der Waals surface area contributed by atoms with Gasteiger partial charge in [0.15, 0.2) is 5.69 Å². The number of nitrogens with zero attached hydrogens (tertiary/aromatic N) is 3. The summed E-state index contributed by atoms with van der Waals surface area (Å²) in [6.07, 6.45) is 0.746. The predicted molar refractivity (Wildman–Crippen MR) is 77.8 cm³/mol. The third-order valence-electron chi connectivity index (χ3n) is 3.18. The fraction of sp³-hybridized carbons (Fsp3) is 0.357. The largest absolute Gasteiger partial charge is 0.481 e. The standard InChI is InChI=1S/C14H16ClN3O2/c1-6-9-8(4)18-12(15)10(11(19)7(2)3)16-14(18)17-13(9)20-5/h2,6H2,1,3-5H3. The number of fused-ring (bicyclic) bond motifs is 1. The first-order chi connectivity index (χ1) is 9.42. The molecule has 106 valence electrons. The third-order valence-corrected chi connectivity index (χ3v) is 3.53. The van der Waals surface area contributed by atoms with Crippen molar-refractivity contribution < 1.29 is 9.53 Å². The van der Waals surface area contributed by atoms with Crippen LogP contribution in [-0.2, 0) is 6.42 Å². The summed E-state index contributed by atoms with van der Waals surface area (Å²) in [5, 5.41) is 0.260. The molecule has 6 heteroatoms. The number of imidazole rings is 1. The van der Waals surface area contributed by atoms with E-state index in [1.807, 2.05) is 13.8 Å². The number of carbonyl (C=O) groups is 1. The maximum atomic E-state index is 12.0. The van der Waals surface area contributed by atoms with Gasteiger partial charge in [-0.2, -0.15) is 4.98 Å². The van der Waals surface area contributed by atoms with Gasteiger partial charge in [-0.3, -0.25) is 9.20 Å². The molecule has 0 saturated carbocycles. The van der Waals surface area contributed by atoms with E-state index >= 15 is 0 Å². The van der Waals surface area contributed by atoms with Crippen LogP contribution in [0.25, 0.3) is 5.78 Å². The molecule has 2 aromatic heterocycles. The van der Waals surface area contributed by atoms with Gasteiger partial charge in [0.05, 0.1) is 7.11 Å². The van der Waals surface area contributed by atoms with Crippen LogP contribution in [0, 0.1) is 6.92 Å².